The maximum absolute atomic E-state index is 2.67. The third-order valence-electron chi connectivity index (χ3n) is 9.59. The Morgan fingerprint density at radius 3 is 0.896 bits per heavy atom. The van der Waals surface area contributed by atoms with Crippen molar-refractivity contribution in [1.82, 2.24) is 0 Å². The smallest absolute Gasteiger partial charge is 0.0654 e. The minimum atomic E-state index is -2.15. The van der Waals surface area contributed by atoms with Crippen molar-refractivity contribution in [3.05, 3.63) is 12.1 Å². The molecule has 6 heteroatoms. The first kappa shape index (κ1) is 45.9. The maximum atomic E-state index is 2.67. The van der Waals surface area contributed by atoms with Crippen molar-refractivity contribution in [1.29, 1.82) is 0 Å². The quantitative estimate of drug-likeness (QED) is 0.0420. The standard InChI is InChI=1S/C36H60S4.6CH3.2Sn/c1-3-5-7-9-11-13-15-17-19-21-23-25-29-37-33-27-31-39-35(33)36-34(28-32-40-36)38-30-26-24-22-20-18-16-14-12-10-8-6-4-2;;;;;;;;/h27-28H,3-26,29-30H2,1-2H3;6*1H3;;. The summed E-state index contributed by atoms with van der Waals surface area (Å²) in [5.74, 6) is 2.58. The van der Waals surface area contributed by atoms with Crippen LogP contribution in [0.1, 0.15) is 168 Å². The third kappa shape index (κ3) is 20.2. The molecule has 0 unspecified atom stereocenters. The fraction of sp³-hybridized carbons (Fsp3) is 0.810. The van der Waals surface area contributed by atoms with Crippen LogP contribution in [0.25, 0.3) is 9.75 Å². The summed E-state index contributed by atoms with van der Waals surface area (Å²) in [6.07, 6.45) is 34.4. The topological polar surface area (TPSA) is 0 Å². The van der Waals surface area contributed by atoms with Crippen LogP contribution in [0.5, 0.6) is 0 Å². The number of thioether (sulfide) groups is 2. The van der Waals surface area contributed by atoms with Gasteiger partial charge in [-0.2, -0.15) is 0 Å². The normalized spacial score (nSPS) is 12.4. The molecular weight excluding hydrogens is 870 g/mol. The van der Waals surface area contributed by atoms with Crippen LogP contribution in [-0.4, -0.2) is 48.3 Å². The number of unbranched alkanes of at least 4 members (excludes halogenated alkanes) is 22. The predicted octanol–water partition coefficient (Wildman–Crippen LogP) is 16.2. The molecule has 0 saturated carbocycles. The summed E-state index contributed by atoms with van der Waals surface area (Å²) in [7, 11) is 0. The molecule has 0 nitrogen and oxygen atoms in total. The summed E-state index contributed by atoms with van der Waals surface area (Å²) < 4.78 is 3.53. The molecule has 48 heavy (non-hydrogen) atoms. The Kier molecular flexibility index (Phi) is 26.1. The van der Waals surface area contributed by atoms with Gasteiger partial charge >= 0.3 is 251 Å². The summed E-state index contributed by atoms with van der Waals surface area (Å²) >= 11 is 4.47. The molecule has 0 bridgehead atoms. The van der Waals surface area contributed by atoms with E-state index in [1.54, 1.807) is 25.3 Å². The van der Waals surface area contributed by atoms with E-state index in [1.807, 2.05) is 0 Å². The van der Waals surface area contributed by atoms with E-state index in [2.05, 4.69) is 102 Å². The Morgan fingerprint density at radius 2 is 0.646 bits per heavy atom. The molecule has 0 spiro atoms. The van der Waals surface area contributed by atoms with E-state index in [-0.39, 0.29) is 0 Å². The number of hydrogen-bond donors (Lipinski definition) is 0. The van der Waals surface area contributed by atoms with Gasteiger partial charge in [0.25, 0.3) is 0 Å². The minimum absolute atomic E-state index is 1.29. The van der Waals surface area contributed by atoms with Crippen molar-refractivity contribution in [3.63, 3.8) is 0 Å². The summed E-state index contributed by atoms with van der Waals surface area (Å²) in [5.41, 5.74) is 0. The molecule has 0 atom stereocenters. The van der Waals surface area contributed by atoms with Gasteiger partial charge in [-0.1, -0.05) is 78.1 Å². The Morgan fingerprint density at radius 1 is 0.396 bits per heavy atom. The van der Waals surface area contributed by atoms with Gasteiger partial charge in [0.2, 0.25) is 0 Å². The summed E-state index contributed by atoms with van der Waals surface area (Å²) in [6, 6.07) is 5.33. The first-order chi connectivity index (χ1) is 23.1. The third-order valence-corrected chi connectivity index (χ3v) is 33.4. The van der Waals surface area contributed by atoms with Gasteiger partial charge in [-0.25, -0.2) is 0 Å². The van der Waals surface area contributed by atoms with Gasteiger partial charge in [-0.15, -0.1) is 0 Å². The molecule has 0 aliphatic carbocycles. The second kappa shape index (κ2) is 27.3. The van der Waals surface area contributed by atoms with Crippen molar-refractivity contribution in [2.24, 2.45) is 0 Å². The van der Waals surface area contributed by atoms with Crippen molar-refractivity contribution < 1.29 is 0 Å². The van der Waals surface area contributed by atoms with E-state index >= 15 is 0 Å². The van der Waals surface area contributed by atoms with Crippen molar-refractivity contribution in [2.45, 2.75) is 207 Å². The average molecular weight is 949 g/mol. The summed E-state index contributed by atoms with van der Waals surface area (Å²) in [4.78, 5) is 22.2. The molecule has 2 rings (SSSR count). The van der Waals surface area contributed by atoms with Crippen LogP contribution in [0.4, 0.5) is 0 Å². The molecule has 0 aliphatic rings. The zero-order chi connectivity index (χ0) is 35.1. The first-order valence-corrected chi connectivity index (χ1v) is 44.2. The molecular formula is C42H78S4Sn2. The van der Waals surface area contributed by atoms with Gasteiger partial charge in [0.15, 0.2) is 0 Å². The molecule has 0 fully saturated rings. The van der Waals surface area contributed by atoms with Crippen molar-refractivity contribution in [3.8, 4) is 9.75 Å². The van der Waals surface area contributed by atoms with E-state index in [0.717, 1.165) is 0 Å². The first-order valence-electron chi connectivity index (χ1n) is 20.6. The monoisotopic (exact) mass is 950 g/mol. The fourth-order valence-corrected chi connectivity index (χ4v) is 22.4. The Hall–Kier alpha value is 1.70. The molecule has 0 N–H and O–H groups in total. The molecule has 2 aromatic rings. The van der Waals surface area contributed by atoms with Crippen LogP contribution >= 0.6 is 46.2 Å². The van der Waals surface area contributed by atoms with Gasteiger partial charge in [0, 0.05) is 0 Å². The van der Waals surface area contributed by atoms with Crippen molar-refractivity contribution in [2.75, 3.05) is 11.5 Å². The summed E-state index contributed by atoms with van der Waals surface area (Å²) in [6.45, 7) is 4.63. The molecule has 0 aromatic carbocycles. The van der Waals surface area contributed by atoms with Crippen LogP contribution in [-0.2, 0) is 0 Å². The molecule has 2 aromatic heterocycles. The molecule has 0 aliphatic heterocycles. The Labute approximate surface area is 326 Å². The second-order valence-electron chi connectivity index (χ2n) is 16.6. The fourth-order valence-electron chi connectivity index (χ4n) is 6.27. The van der Waals surface area contributed by atoms with Crippen LogP contribution in [0.2, 0.25) is 29.6 Å². The van der Waals surface area contributed by atoms with Gasteiger partial charge < -0.3 is 0 Å². The van der Waals surface area contributed by atoms with E-state index in [9.17, 15) is 0 Å². The second-order valence-corrected chi connectivity index (χ2v) is 51.8. The number of hydrogen-bond acceptors (Lipinski definition) is 4. The molecule has 278 valence electrons. The number of thiophene rings is 2. The van der Waals surface area contributed by atoms with E-state index in [0.29, 0.717) is 0 Å². The average Bonchev–Trinajstić information content (AvgIpc) is 3.66. The van der Waals surface area contributed by atoms with Crippen LogP contribution in [0.3, 0.4) is 0 Å². The zero-order valence-electron chi connectivity index (χ0n) is 33.2. The zero-order valence-corrected chi connectivity index (χ0v) is 42.1. The summed E-state index contributed by atoms with van der Waals surface area (Å²) in [5, 5.41) is 0. The Bertz CT molecular complexity index is 975. The van der Waals surface area contributed by atoms with E-state index in [1.165, 1.54) is 166 Å². The Balaban J connectivity index is 1.86. The molecule has 2 heterocycles. The van der Waals surface area contributed by atoms with Gasteiger partial charge in [-0.3, -0.25) is 0 Å². The number of rotatable bonds is 31. The van der Waals surface area contributed by atoms with Gasteiger partial charge in [0.05, 0.1) is 0 Å². The van der Waals surface area contributed by atoms with E-state index < -0.39 is 36.8 Å². The van der Waals surface area contributed by atoms with E-state index in [4.69, 9.17) is 0 Å². The molecule has 0 amide bonds. The van der Waals surface area contributed by atoms with Crippen LogP contribution < -0.4 is 5.79 Å². The van der Waals surface area contributed by atoms with Crippen LogP contribution in [0, 0.1) is 0 Å². The SMILES string of the molecule is CCCCCCCCCCCCCCSc1c[c]([Sn]([CH3])([CH3])[CH3])sc1-c1s[c]([Sn]([CH3])([CH3])[CH3])cc1SCCCCCCCCCCCCCC. The minimum Gasteiger partial charge on any atom is -0.0654 e. The molecule has 0 radical (unpaired) electrons. The predicted molar refractivity (Wildman–Crippen MR) is 237 cm³/mol. The van der Waals surface area contributed by atoms with Gasteiger partial charge in [-0.05, 0) is 0 Å². The van der Waals surface area contributed by atoms with Crippen molar-refractivity contribution >= 4 is 88.7 Å². The van der Waals surface area contributed by atoms with Crippen LogP contribution in [0.15, 0.2) is 21.9 Å². The molecule has 0 saturated heterocycles. The van der Waals surface area contributed by atoms with Gasteiger partial charge in [0.1, 0.15) is 0 Å².